The van der Waals surface area contributed by atoms with Crippen molar-refractivity contribution in [2.24, 2.45) is 0 Å². The highest BCUT2D eigenvalue weighted by Gasteiger charge is 2.17. The molecule has 1 unspecified atom stereocenters. The molecule has 3 heterocycles. The average molecular weight is 452 g/mol. The third-order valence-electron chi connectivity index (χ3n) is 4.82. The Bertz CT molecular complexity index is 1290. The lowest BCUT2D eigenvalue weighted by Crippen LogP contribution is -2.19. The SMILES string of the molecule is COc1ccc(Cn2cc(-c3cc(-c4ccco4)nc([S+](C)[O-])n3)ccc2=O)cc1OC. The Hall–Kier alpha value is -3.56. The van der Waals surface area contributed by atoms with Crippen molar-refractivity contribution in [1.29, 1.82) is 0 Å². The molecule has 0 bridgehead atoms. The van der Waals surface area contributed by atoms with Gasteiger partial charge in [-0.2, -0.15) is 9.97 Å². The van der Waals surface area contributed by atoms with Gasteiger partial charge in [0.1, 0.15) is 11.9 Å². The smallest absolute Gasteiger partial charge is 0.343 e. The largest absolute Gasteiger partial charge is 0.609 e. The zero-order valence-electron chi connectivity index (χ0n) is 17.8. The van der Waals surface area contributed by atoms with Crippen molar-refractivity contribution < 1.29 is 18.4 Å². The summed E-state index contributed by atoms with van der Waals surface area (Å²) >= 11 is -1.39. The molecule has 0 spiro atoms. The number of furan rings is 1. The third-order valence-corrected chi connectivity index (χ3v) is 5.51. The van der Waals surface area contributed by atoms with Gasteiger partial charge in [-0.25, -0.2) is 0 Å². The van der Waals surface area contributed by atoms with Gasteiger partial charge in [-0.05, 0) is 42.0 Å². The van der Waals surface area contributed by atoms with E-state index in [1.54, 1.807) is 61.6 Å². The topological polar surface area (TPSA) is 102 Å². The highest BCUT2D eigenvalue weighted by atomic mass is 32.2. The predicted molar refractivity (Wildman–Crippen MR) is 120 cm³/mol. The standard InChI is InChI=1S/C23H21N3O5S/c1-29-20-8-6-15(11-21(20)30-2)13-26-14-16(7-9-22(26)27)17-12-18(19-5-4-10-31-19)25-23(24-17)32(3)28/h4-12,14H,13H2,1-3H3. The molecule has 0 aliphatic rings. The highest BCUT2D eigenvalue weighted by Crippen LogP contribution is 2.28. The molecule has 9 heteroatoms. The van der Waals surface area contributed by atoms with Crippen LogP contribution in [0.5, 0.6) is 11.5 Å². The molecule has 0 aliphatic heterocycles. The lowest BCUT2D eigenvalue weighted by Gasteiger charge is -2.12. The van der Waals surface area contributed by atoms with Crippen molar-refractivity contribution >= 4 is 11.2 Å². The minimum absolute atomic E-state index is 0.164. The molecule has 1 aromatic carbocycles. The molecular weight excluding hydrogens is 430 g/mol. The summed E-state index contributed by atoms with van der Waals surface area (Å²) in [6, 6.07) is 13.9. The van der Waals surface area contributed by atoms with Crippen molar-refractivity contribution in [2.45, 2.75) is 11.7 Å². The van der Waals surface area contributed by atoms with Crippen LogP contribution >= 0.6 is 0 Å². The molecule has 0 aliphatic carbocycles. The number of methoxy groups -OCH3 is 2. The van der Waals surface area contributed by atoms with Crippen molar-refractivity contribution in [2.75, 3.05) is 20.5 Å². The molecule has 0 amide bonds. The highest BCUT2D eigenvalue weighted by molar-refractivity contribution is 7.90. The first-order valence-electron chi connectivity index (χ1n) is 9.66. The fourth-order valence-electron chi connectivity index (χ4n) is 3.23. The van der Waals surface area contributed by atoms with E-state index in [4.69, 9.17) is 13.9 Å². The van der Waals surface area contributed by atoms with Crippen LogP contribution < -0.4 is 15.0 Å². The molecule has 4 rings (SSSR count). The summed E-state index contributed by atoms with van der Waals surface area (Å²) < 4.78 is 29.8. The molecule has 1 atom stereocenters. The summed E-state index contributed by atoms with van der Waals surface area (Å²) in [4.78, 5) is 21.3. The Kier molecular flexibility index (Phi) is 6.29. The molecule has 4 aromatic rings. The van der Waals surface area contributed by atoms with Gasteiger partial charge >= 0.3 is 5.16 Å². The molecule has 164 valence electrons. The van der Waals surface area contributed by atoms with Gasteiger partial charge < -0.3 is 23.0 Å². The van der Waals surface area contributed by atoms with Crippen molar-refractivity contribution in [3.8, 4) is 34.2 Å². The second-order valence-electron chi connectivity index (χ2n) is 6.93. The minimum atomic E-state index is -1.39. The van der Waals surface area contributed by atoms with Crippen molar-refractivity contribution in [3.63, 3.8) is 0 Å². The van der Waals surface area contributed by atoms with E-state index >= 15 is 0 Å². The monoisotopic (exact) mass is 451 g/mol. The Labute approximate surface area is 187 Å². The summed E-state index contributed by atoms with van der Waals surface area (Å²) in [6.07, 6.45) is 4.78. The number of rotatable bonds is 7. The van der Waals surface area contributed by atoms with Gasteiger partial charge in [0.25, 0.3) is 5.56 Å². The first kappa shape index (κ1) is 21.7. The summed E-state index contributed by atoms with van der Waals surface area (Å²) in [6.45, 7) is 0.329. The van der Waals surface area contributed by atoms with E-state index in [0.717, 1.165) is 5.56 Å². The van der Waals surface area contributed by atoms with Crippen molar-refractivity contribution in [1.82, 2.24) is 14.5 Å². The van der Waals surface area contributed by atoms with Crippen LogP contribution in [-0.4, -0.2) is 39.6 Å². The molecule has 0 fully saturated rings. The van der Waals surface area contributed by atoms with Crippen LogP contribution in [0.25, 0.3) is 22.7 Å². The molecular formula is C23H21N3O5S. The number of hydrogen-bond acceptors (Lipinski definition) is 7. The van der Waals surface area contributed by atoms with Crippen LogP contribution in [0.3, 0.4) is 0 Å². The average Bonchev–Trinajstić information content (AvgIpc) is 3.35. The summed E-state index contributed by atoms with van der Waals surface area (Å²) in [5, 5.41) is 0.187. The Balaban J connectivity index is 1.74. The summed E-state index contributed by atoms with van der Waals surface area (Å²) in [5.41, 5.74) is 2.45. The molecule has 8 nitrogen and oxygen atoms in total. The second-order valence-corrected chi connectivity index (χ2v) is 8.20. The number of ether oxygens (including phenoxy) is 2. The van der Waals surface area contributed by atoms with Crippen LogP contribution in [0.15, 0.2) is 75.4 Å². The van der Waals surface area contributed by atoms with Crippen molar-refractivity contribution in [3.05, 3.63) is 76.9 Å². The number of aromatic nitrogens is 3. The van der Waals surface area contributed by atoms with Gasteiger partial charge in [0.15, 0.2) is 17.3 Å². The molecule has 3 aromatic heterocycles. The zero-order chi connectivity index (χ0) is 22.7. The number of pyridine rings is 1. The first-order valence-corrected chi connectivity index (χ1v) is 11.2. The molecule has 0 saturated carbocycles. The van der Waals surface area contributed by atoms with Crippen LogP contribution in [0, 0.1) is 0 Å². The summed E-state index contributed by atoms with van der Waals surface area (Å²) in [7, 11) is 3.14. The molecule has 32 heavy (non-hydrogen) atoms. The predicted octanol–water partition coefficient (Wildman–Crippen LogP) is 3.37. The lowest BCUT2D eigenvalue weighted by atomic mass is 10.1. The maximum absolute atomic E-state index is 12.5. The van der Waals surface area contributed by atoms with Gasteiger partial charge in [0, 0.05) is 29.0 Å². The van der Waals surface area contributed by atoms with Gasteiger partial charge in [-0.1, -0.05) is 6.07 Å². The van der Waals surface area contributed by atoms with Gasteiger partial charge in [0.05, 0.1) is 32.7 Å². The van der Waals surface area contributed by atoms with Crippen LogP contribution in [0.1, 0.15) is 5.56 Å². The summed E-state index contributed by atoms with van der Waals surface area (Å²) in [5.74, 6) is 1.74. The zero-order valence-corrected chi connectivity index (χ0v) is 18.6. The fourth-order valence-corrected chi connectivity index (χ4v) is 3.69. The molecule has 0 saturated heterocycles. The number of hydrogen-bond donors (Lipinski definition) is 0. The van der Waals surface area contributed by atoms with E-state index in [1.807, 2.05) is 12.1 Å². The second kappa shape index (κ2) is 9.29. The molecule has 0 N–H and O–H groups in total. The van der Waals surface area contributed by atoms with Gasteiger partial charge in [-0.15, -0.1) is 0 Å². The van der Waals surface area contributed by atoms with E-state index in [0.29, 0.717) is 40.8 Å². The van der Waals surface area contributed by atoms with Gasteiger partial charge in [0.2, 0.25) is 0 Å². The maximum Gasteiger partial charge on any atom is 0.343 e. The van der Waals surface area contributed by atoms with E-state index in [-0.39, 0.29) is 10.7 Å². The maximum atomic E-state index is 12.5. The van der Waals surface area contributed by atoms with Crippen LogP contribution in [-0.2, 0) is 17.7 Å². The normalized spacial score (nSPS) is 11.9. The number of nitrogens with zero attached hydrogens (tertiary/aromatic N) is 3. The van der Waals surface area contributed by atoms with E-state index < -0.39 is 11.2 Å². The Morgan fingerprint density at radius 1 is 1.03 bits per heavy atom. The molecule has 0 radical (unpaired) electrons. The van der Waals surface area contributed by atoms with Gasteiger partial charge in [-0.3, -0.25) is 4.79 Å². The lowest BCUT2D eigenvalue weighted by molar-refractivity contribution is 0.354. The Morgan fingerprint density at radius 2 is 1.81 bits per heavy atom. The third kappa shape index (κ3) is 4.53. The quantitative estimate of drug-likeness (QED) is 0.313. The number of benzene rings is 1. The minimum Gasteiger partial charge on any atom is -0.609 e. The Morgan fingerprint density at radius 3 is 2.50 bits per heavy atom. The first-order chi connectivity index (χ1) is 15.5. The fraction of sp³-hybridized carbons (Fsp3) is 0.174. The van der Waals surface area contributed by atoms with E-state index in [2.05, 4.69) is 9.97 Å². The van der Waals surface area contributed by atoms with E-state index in [1.165, 1.54) is 12.3 Å². The van der Waals surface area contributed by atoms with E-state index in [9.17, 15) is 9.35 Å². The van der Waals surface area contributed by atoms with Crippen LogP contribution in [0.4, 0.5) is 0 Å². The van der Waals surface area contributed by atoms with Crippen LogP contribution in [0.2, 0.25) is 0 Å².